The van der Waals surface area contributed by atoms with Gasteiger partial charge in [0.1, 0.15) is 17.8 Å². The Morgan fingerprint density at radius 2 is 1.58 bits per heavy atom. The van der Waals surface area contributed by atoms with Crippen molar-refractivity contribution in [3.63, 3.8) is 0 Å². The highest BCUT2D eigenvalue weighted by Crippen LogP contribution is 2.47. The molecule has 2 aliphatic heterocycles. The summed E-state index contributed by atoms with van der Waals surface area (Å²) in [5.74, 6) is -4.38. The van der Waals surface area contributed by atoms with E-state index in [0.29, 0.717) is 11.1 Å². The summed E-state index contributed by atoms with van der Waals surface area (Å²) in [6, 6.07) is 15.9. The summed E-state index contributed by atoms with van der Waals surface area (Å²) in [7, 11) is 1.59. The van der Waals surface area contributed by atoms with Crippen molar-refractivity contribution >= 4 is 17.4 Å². The van der Waals surface area contributed by atoms with Crippen LogP contribution in [0.1, 0.15) is 41.0 Å². The zero-order valence-corrected chi connectivity index (χ0v) is 24.3. The van der Waals surface area contributed by atoms with Crippen LogP contribution in [0.4, 0.5) is 0 Å². The topological polar surface area (TPSA) is 184 Å². The third-order valence-corrected chi connectivity index (χ3v) is 8.76. The van der Waals surface area contributed by atoms with Crippen LogP contribution in [0.2, 0.25) is 0 Å². The van der Waals surface area contributed by atoms with Gasteiger partial charge in [-0.25, -0.2) is 4.99 Å². The smallest absolute Gasteiger partial charge is 0.276 e. The molecule has 2 saturated heterocycles. The molecule has 4 unspecified atom stereocenters. The van der Waals surface area contributed by atoms with E-state index >= 15 is 0 Å². The van der Waals surface area contributed by atoms with E-state index in [9.17, 15) is 30.0 Å². The first-order chi connectivity index (χ1) is 20.4. The quantitative estimate of drug-likeness (QED) is 0.216. The van der Waals surface area contributed by atoms with E-state index < -0.39 is 66.1 Å². The van der Waals surface area contributed by atoms with Gasteiger partial charge in [-0.15, -0.1) is 0 Å². The maximum Gasteiger partial charge on any atom is 0.276 e. The van der Waals surface area contributed by atoms with Crippen LogP contribution in [0.5, 0.6) is 0 Å². The lowest BCUT2D eigenvalue weighted by Gasteiger charge is -2.60. The summed E-state index contributed by atoms with van der Waals surface area (Å²) in [5.41, 5.74) is 4.83. The first-order valence-electron chi connectivity index (χ1n) is 14.3. The largest absolute Gasteiger partial charge is 0.391 e. The Morgan fingerprint density at radius 3 is 2.19 bits per heavy atom. The Morgan fingerprint density at radius 1 is 0.977 bits per heavy atom. The van der Waals surface area contributed by atoms with Crippen LogP contribution in [0, 0.1) is 5.92 Å². The number of fused-ring (bicyclic) bond motifs is 2. The number of aliphatic imine (C=N–C) groups is 1. The van der Waals surface area contributed by atoms with Crippen LogP contribution in [-0.2, 0) is 14.2 Å². The molecule has 1 amide bonds. The molecule has 2 aromatic rings. The number of Topliss-reactive ketones (excluding diaryl/α,β-unsaturated/α-hetero) is 1. The summed E-state index contributed by atoms with van der Waals surface area (Å²) in [4.78, 5) is 31.9. The van der Waals surface area contributed by atoms with Crippen molar-refractivity contribution in [2.45, 2.75) is 74.5 Å². The minimum absolute atomic E-state index is 0.0641. The fourth-order valence-corrected chi connectivity index (χ4v) is 6.49. The van der Waals surface area contributed by atoms with Gasteiger partial charge in [-0.3, -0.25) is 14.5 Å². The molecule has 1 saturated carbocycles. The fourth-order valence-electron chi connectivity index (χ4n) is 6.49. The molecule has 12 nitrogen and oxygen atoms in total. The second-order valence-electron chi connectivity index (χ2n) is 11.7. The van der Waals surface area contributed by atoms with Gasteiger partial charge in [0.15, 0.2) is 5.78 Å². The second-order valence-corrected chi connectivity index (χ2v) is 11.7. The predicted molar refractivity (Wildman–Crippen MR) is 154 cm³/mol. The average Bonchev–Trinajstić information content (AvgIpc) is 2.98. The van der Waals surface area contributed by atoms with Crippen LogP contribution in [0.15, 0.2) is 65.7 Å². The maximum atomic E-state index is 13.2. The maximum absolute atomic E-state index is 13.2. The van der Waals surface area contributed by atoms with Crippen molar-refractivity contribution in [2.24, 2.45) is 16.6 Å². The molecule has 0 spiro atoms. The van der Waals surface area contributed by atoms with E-state index in [1.54, 1.807) is 79.5 Å². The van der Waals surface area contributed by atoms with Crippen molar-refractivity contribution < 1.29 is 44.2 Å². The van der Waals surface area contributed by atoms with Gasteiger partial charge in [0.2, 0.25) is 12.1 Å². The third-order valence-electron chi connectivity index (χ3n) is 8.76. The summed E-state index contributed by atoms with van der Waals surface area (Å²) in [6.45, 7) is 2.65. The normalized spacial score (nSPS) is 37.8. The van der Waals surface area contributed by atoms with Gasteiger partial charge in [-0.1, -0.05) is 48.5 Å². The summed E-state index contributed by atoms with van der Waals surface area (Å²) in [5, 5.41) is 46.5. The lowest BCUT2D eigenvalue weighted by Crippen LogP contribution is -2.80. The Bertz CT molecular complexity index is 1340. The van der Waals surface area contributed by atoms with Crippen LogP contribution in [0.25, 0.3) is 0 Å². The second kappa shape index (κ2) is 12.2. The molecule has 3 fully saturated rings. The number of likely N-dealkylation sites (N-methyl/N-ethyl adjacent to an activating group) is 1. The molecule has 0 radical (unpaired) electrons. The highest BCUT2D eigenvalue weighted by atomic mass is 16.8. The molecule has 3 aliphatic rings. The number of hydrogen-bond acceptors (Lipinski definition) is 11. The Balaban J connectivity index is 1.52. The number of rotatable bonds is 7. The number of aliphatic hydroxyl groups excluding tert-OH is 2. The average molecular weight is 598 g/mol. The number of carbonyl (C=O) groups is 2. The number of hydrogen-bond donors (Lipinski definition) is 5. The molecular formula is C31H39N3O9. The van der Waals surface area contributed by atoms with Crippen molar-refractivity contribution in [2.75, 3.05) is 20.1 Å². The van der Waals surface area contributed by atoms with Gasteiger partial charge in [0, 0.05) is 29.8 Å². The fraction of sp³-hybridized carbons (Fsp3) is 0.516. The molecule has 2 aromatic carbocycles. The van der Waals surface area contributed by atoms with Crippen LogP contribution in [-0.4, -0.2) is 117 Å². The molecule has 5 rings (SSSR count). The number of nitrogens with zero attached hydrogens (tertiary/aromatic N) is 2. The number of amides is 1. The Labute approximate surface area is 249 Å². The molecule has 232 valence electrons. The number of aliphatic hydroxyl groups is 4. The lowest BCUT2D eigenvalue weighted by molar-refractivity contribution is -0.483. The third kappa shape index (κ3) is 5.70. The highest BCUT2D eigenvalue weighted by molar-refractivity contribution is 6.04. The zero-order valence-electron chi connectivity index (χ0n) is 24.3. The molecule has 0 bridgehead atoms. The molecule has 0 aromatic heterocycles. The number of benzene rings is 2. The molecule has 2 heterocycles. The van der Waals surface area contributed by atoms with Crippen LogP contribution < -0.4 is 5.73 Å². The van der Waals surface area contributed by atoms with Crippen molar-refractivity contribution in [1.82, 2.24) is 4.90 Å². The highest BCUT2D eigenvalue weighted by Gasteiger charge is 2.68. The Hall–Kier alpha value is -2.91. The number of ketones is 1. The number of ether oxygens (including phenoxy) is 3. The molecule has 12 heteroatoms. The number of nitrogens with two attached hydrogens (primary N) is 1. The van der Waals surface area contributed by atoms with E-state index in [-0.39, 0.29) is 31.0 Å². The van der Waals surface area contributed by atoms with E-state index in [0.717, 1.165) is 0 Å². The minimum atomic E-state index is -2.45. The van der Waals surface area contributed by atoms with E-state index in [1.165, 1.54) is 6.92 Å². The molecule has 1 aliphatic carbocycles. The van der Waals surface area contributed by atoms with Crippen molar-refractivity contribution in [3.05, 3.63) is 71.8 Å². The van der Waals surface area contributed by atoms with Gasteiger partial charge in [0.25, 0.3) is 5.91 Å². The zero-order chi connectivity index (χ0) is 31.1. The van der Waals surface area contributed by atoms with Gasteiger partial charge in [0.05, 0.1) is 36.8 Å². The molecular weight excluding hydrogens is 558 g/mol. The monoisotopic (exact) mass is 597 g/mol. The van der Waals surface area contributed by atoms with Gasteiger partial charge in [-0.2, -0.15) is 0 Å². The lowest BCUT2D eigenvalue weighted by atomic mass is 9.72. The van der Waals surface area contributed by atoms with Crippen molar-refractivity contribution in [3.8, 4) is 0 Å². The first kappa shape index (κ1) is 31.5. The van der Waals surface area contributed by atoms with Gasteiger partial charge >= 0.3 is 0 Å². The van der Waals surface area contributed by atoms with Gasteiger partial charge < -0.3 is 40.4 Å². The van der Waals surface area contributed by atoms with Crippen LogP contribution in [0.3, 0.4) is 0 Å². The summed E-state index contributed by atoms with van der Waals surface area (Å²) < 4.78 is 18.1. The summed E-state index contributed by atoms with van der Waals surface area (Å²) in [6.07, 6.45) is -7.57. The minimum Gasteiger partial charge on any atom is -0.391 e. The predicted octanol–water partition coefficient (Wildman–Crippen LogP) is 0.120. The molecule has 6 N–H and O–H groups in total. The summed E-state index contributed by atoms with van der Waals surface area (Å²) >= 11 is 0. The van der Waals surface area contributed by atoms with Crippen LogP contribution >= 0.6 is 0 Å². The SMILES string of the molecule is CC(=NC(=O)c1ccccc1)[C@@H]1C(O)[C@H](N(C)CC(=O)c2ccccc2)C2O[C@]3(O)C(OC2[C@H]1O)O[C@H](C)C[C@]3(O)CN. The van der Waals surface area contributed by atoms with E-state index in [1.807, 2.05) is 0 Å². The molecule has 10 atom stereocenters. The molecule has 43 heavy (non-hydrogen) atoms. The van der Waals surface area contributed by atoms with Crippen molar-refractivity contribution in [1.29, 1.82) is 0 Å². The van der Waals surface area contributed by atoms with E-state index in [2.05, 4.69) is 4.99 Å². The standard InChI is InChI=1S/C31H39N3O9/c1-17-14-30(39,16-32)31(40)29(41-17)42-27-25(37)22(18(2)33-28(38)20-12-8-5-9-13-20)24(36)23(26(27)43-31)34(3)15-21(35)19-10-6-4-7-11-19/h4-13,17,22-27,29,36-37,39-40H,14-16,32H2,1-3H3/t17-,22-,23+,24?,25+,26?,27?,29?,30+,31-/m1/s1. The van der Waals surface area contributed by atoms with E-state index in [4.69, 9.17) is 19.9 Å². The number of carbonyl (C=O) groups excluding carboxylic acids is 2. The van der Waals surface area contributed by atoms with Gasteiger partial charge in [-0.05, 0) is 33.0 Å². The Kier molecular flexibility index (Phi) is 8.96. The first-order valence-corrected chi connectivity index (χ1v) is 14.3.